The molecule has 5 heteroatoms. The van der Waals surface area contributed by atoms with E-state index in [2.05, 4.69) is 4.90 Å². The van der Waals surface area contributed by atoms with Gasteiger partial charge in [-0.1, -0.05) is 0 Å². The molecule has 8 N–H and O–H groups in total. The molecule has 1 atom stereocenters. The summed E-state index contributed by atoms with van der Waals surface area (Å²) in [4.78, 5) is 2.15. The van der Waals surface area contributed by atoms with Crippen molar-refractivity contribution in [3.63, 3.8) is 0 Å². The average molecular weight is 189 g/mol. The molecule has 0 aliphatic rings. The maximum Gasteiger partial charge on any atom is 0.0379 e. The fourth-order valence-corrected chi connectivity index (χ4v) is 1.21. The van der Waals surface area contributed by atoms with Gasteiger partial charge in [0.25, 0.3) is 0 Å². The number of nitrogens with zero attached hydrogens (tertiary/aromatic N) is 1. The first-order valence-electron chi connectivity index (χ1n) is 4.67. The lowest BCUT2D eigenvalue weighted by Gasteiger charge is -2.31. The van der Waals surface area contributed by atoms with Crippen LogP contribution < -0.4 is 22.9 Å². The van der Waals surface area contributed by atoms with E-state index < -0.39 is 0 Å². The van der Waals surface area contributed by atoms with Gasteiger partial charge >= 0.3 is 0 Å². The minimum Gasteiger partial charge on any atom is -0.329 e. The predicted octanol–water partition coefficient (Wildman–Crippen LogP) is -2.12. The minimum absolute atomic E-state index is 0.343. The summed E-state index contributed by atoms with van der Waals surface area (Å²) in [5.41, 5.74) is 22.0. The molecule has 13 heavy (non-hydrogen) atoms. The average Bonchev–Trinajstić information content (AvgIpc) is 2.05. The number of hydrogen-bond acceptors (Lipinski definition) is 5. The Labute approximate surface area is 80.4 Å². The van der Waals surface area contributed by atoms with Gasteiger partial charge < -0.3 is 22.9 Å². The second-order valence-electron chi connectivity index (χ2n) is 3.71. The molecule has 0 rings (SSSR count). The summed E-state index contributed by atoms with van der Waals surface area (Å²) in [6.07, 6.45) is 0. The highest BCUT2D eigenvalue weighted by Gasteiger charge is 2.19. The molecule has 0 aromatic rings. The SMILES string of the molecule is CC(N)(CN)CN(CCN)CCN. The topological polar surface area (TPSA) is 107 Å². The third-order valence-electron chi connectivity index (χ3n) is 1.94. The minimum atomic E-state index is -0.343. The summed E-state index contributed by atoms with van der Waals surface area (Å²) in [6, 6.07) is 0. The summed E-state index contributed by atoms with van der Waals surface area (Å²) in [5.74, 6) is 0. The van der Waals surface area contributed by atoms with Crippen LogP contribution >= 0.6 is 0 Å². The van der Waals surface area contributed by atoms with Crippen LogP contribution in [-0.4, -0.2) is 49.7 Å². The zero-order valence-electron chi connectivity index (χ0n) is 8.50. The van der Waals surface area contributed by atoms with E-state index in [-0.39, 0.29) is 5.54 Å². The Morgan fingerprint density at radius 3 is 1.85 bits per heavy atom. The molecular formula is C8H23N5. The normalized spacial score (nSPS) is 16.2. The van der Waals surface area contributed by atoms with Crippen molar-refractivity contribution < 1.29 is 0 Å². The molecule has 0 aromatic carbocycles. The van der Waals surface area contributed by atoms with Gasteiger partial charge in [0.05, 0.1) is 0 Å². The second-order valence-corrected chi connectivity index (χ2v) is 3.71. The Bertz CT molecular complexity index is 120. The summed E-state index contributed by atoms with van der Waals surface area (Å²) in [7, 11) is 0. The molecule has 0 heterocycles. The Balaban J connectivity index is 3.92. The summed E-state index contributed by atoms with van der Waals surface area (Å²) in [6.45, 7) is 6.05. The first kappa shape index (κ1) is 12.8. The Hall–Kier alpha value is -0.200. The van der Waals surface area contributed by atoms with Gasteiger partial charge in [0.1, 0.15) is 0 Å². The van der Waals surface area contributed by atoms with Gasteiger partial charge in [0, 0.05) is 44.8 Å². The third kappa shape index (κ3) is 5.95. The van der Waals surface area contributed by atoms with Crippen molar-refractivity contribution in [1.29, 1.82) is 0 Å². The van der Waals surface area contributed by atoms with E-state index in [1.807, 2.05) is 6.92 Å². The Morgan fingerprint density at radius 1 is 1.08 bits per heavy atom. The molecule has 1 unspecified atom stereocenters. The van der Waals surface area contributed by atoms with Crippen LogP contribution in [0.3, 0.4) is 0 Å². The van der Waals surface area contributed by atoms with Crippen molar-refractivity contribution in [3.8, 4) is 0 Å². The monoisotopic (exact) mass is 189 g/mol. The lowest BCUT2D eigenvalue weighted by molar-refractivity contribution is 0.230. The standard InChI is InChI=1S/C8H23N5/c1-8(12,6-11)7-13(4-2-9)5-3-10/h2-7,9-12H2,1H3. The molecule has 0 aromatic heterocycles. The van der Waals surface area contributed by atoms with E-state index in [1.54, 1.807) is 0 Å². The van der Waals surface area contributed by atoms with Gasteiger partial charge in [-0.15, -0.1) is 0 Å². The molecule has 0 saturated heterocycles. The molecule has 0 fully saturated rings. The quantitative estimate of drug-likeness (QED) is 0.366. The first-order chi connectivity index (χ1) is 6.05. The maximum atomic E-state index is 5.93. The largest absolute Gasteiger partial charge is 0.329 e. The Morgan fingerprint density at radius 2 is 1.54 bits per heavy atom. The van der Waals surface area contributed by atoms with Crippen LogP contribution in [0.2, 0.25) is 0 Å². The van der Waals surface area contributed by atoms with Crippen molar-refractivity contribution in [3.05, 3.63) is 0 Å². The van der Waals surface area contributed by atoms with Crippen LogP contribution in [0.15, 0.2) is 0 Å². The molecule has 0 amide bonds. The lowest BCUT2D eigenvalue weighted by Crippen LogP contribution is -2.54. The molecule has 0 spiro atoms. The van der Waals surface area contributed by atoms with Gasteiger partial charge in [-0.05, 0) is 6.92 Å². The zero-order valence-corrected chi connectivity index (χ0v) is 8.50. The van der Waals surface area contributed by atoms with E-state index in [1.165, 1.54) is 0 Å². The number of hydrogen-bond donors (Lipinski definition) is 4. The second kappa shape index (κ2) is 6.28. The van der Waals surface area contributed by atoms with Crippen LogP contribution in [0.1, 0.15) is 6.92 Å². The van der Waals surface area contributed by atoms with Gasteiger partial charge in [-0.3, -0.25) is 4.90 Å². The molecule has 0 aliphatic carbocycles. The van der Waals surface area contributed by atoms with Crippen LogP contribution in [-0.2, 0) is 0 Å². The van der Waals surface area contributed by atoms with Crippen molar-refractivity contribution in [2.75, 3.05) is 39.3 Å². The summed E-state index contributed by atoms with van der Waals surface area (Å²) >= 11 is 0. The van der Waals surface area contributed by atoms with Crippen molar-refractivity contribution >= 4 is 0 Å². The highest BCUT2D eigenvalue weighted by atomic mass is 15.2. The van der Waals surface area contributed by atoms with E-state index in [9.17, 15) is 0 Å². The van der Waals surface area contributed by atoms with Crippen LogP contribution in [0.4, 0.5) is 0 Å². The first-order valence-corrected chi connectivity index (χ1v) is 4.67. The molecule has 0 saturated carbocycles. The van der Waals surface area contributed by atoms with Crippen LogP contribution in [0.25, 0.3) is 0 Å². The number of rotatable bonds is 7. The van der Waals surface area contributed by atoms with Gasteiger partial charge in [0.2, 0.25) is 0 Å². The van der Waals surface area contributed by atoms with Gasteiger partial charge in [0.15, 0.2) is 0 Å². The van der Waals surface area contributed by atoms with Crippen LogP contribution in [0, 0.1) is 0 Å². The molecule has 0 radical (unpaired) electrons. The molecule has 80 valence electrons. The van der Waals surface area contributed by atoms with Crippen LogP contribution in [0.5, 0.6) is 0 Å². The van der Waals surface area contributed by atoms with E-state index >= 15 is 0 Å². The lowest BCUT2D eigenvalue weighted by atomic mass is 10.0. The van der Waals surface area contributed by atoms with Crippen molar-refractivity contribution in [2.45, 2.75) is 12.5 Å². The van der Waals surface area contributed by atoms with E-state index in [0.717, 1.165) is 19.6 Å². The van der Waals surface area contributed by atoms with Crippen molar-refractivity contribution in [1.82, 2.24) is 4.90 Å². The Kier molecular flexibility index (Phi) is 6.19. The molecular weight excluding hydrogens is 166 g/mol. The molecule has 0 aliphatic heterocycles. The third-order valence-corrected chi connectivity index (χ3v) is 1.94. The smallest absolute Gasteiger partial charge is 0.0379 e. The predicted molar refractivity (Wildman–Crippen MR) is 56.2 cm³/mol. The summed E-state index contributed by atoms with van der Waals surface area (Å²) in [5, 5.41) is 0. The van der Waals surface area contributed by atoms with Gasteiger partial charge in [-0.25, -0.2) is 0 Å². The fourth-order valence-electron chi connectivity index (χ4n) is 1.21. The van der Waals surface area contributed by atoms with Crippen molar-refractivity contribution in [2.24, 2.45) is 22.9 Å². The van der Waals surface area contributed by atoms with E-state index in [0.29, 0.717) is 19.6 Å². The van der Waals surface area contributed by atoms with Gasteiger partial charge in [-0.2, -0.15) is 0 Å². The van der Waals surface area contributed by atoms with E-state index in [4.69, 9.17) is 22.9 Å². The molecule has 0 bridgehead atoms. The maximum absolute atomic E-state index is 5.93. The zero-order chi connectivity index (χ0) is 10.3. The fraction of sp³-hybridized carbons (Fsp3) is 1.00. The summed E-state index contributed by atoms with van der Waals surface area (Å²) < 4.78 is 0. The highest BCUT2D eigenvalue weighted by Crippen LogP contribution is 1.99. The molecule has 5 nitrogen and oxygen atoms in total. The number of nitrogens with two attached hydrogens (primary N) is 4. The highest BCUT2D eigenvalue weighted by molar-refractivity contribution is 4.83.